The Bertz CT molecular complexity index is 476. The molecule has 0 bridgehead atoms. The number of carboxylic acids is 1. The fourth-order valence-corrected chi connectivity index (χ4v) is 1.51. The first-order chi connectivity index (χ1) is 6.58. The number of hydrogen-bond acceptors (Lipinski definition) is 3. The fourth-order valence-electron chi connectivity index (χ4n) is 1.15. The molecule has 2 rings (SSSR count). The van der Waals surface area contributed by atoms with Gasteiger partial charge in [-0.15, -0.1) is 0 Å². The van der Waals surface area contributed by atoms with E-state index in [1.54, 1.807) is 6.07 Å². The van der Waals surface area contributed by atoms with Crippen molar-refractivity contribution in [1.82, 2.24) is 0 Å². The number of hydrogen-bond donors (Lipinski definition) is 2. The number of benzene rings is 1. The Kier molecular flexibility index (Phi) is 1.96. The molecule has 1 aromatic carbocycles. The van der Waals surface area contributed by atoms with Crippen molar-refractivity contribution in [1.29, 1.82) is 0 Å². The molecular weight excluding hydrogens is 252 g/mol. The highest BCUT2D eigenvalue weighted by atomic mass is 79.9. The van der Waals surface area contributed by atoms with Crippen molar-refractivity contribution in [3.05, 3.63) is 28.4 Å². The third-order valence-corrected chi connectivity index (χ3v) is 2.43. The van der Waals surface area contributed by atoms with Gasteiger partial charge in [0.2, 0.25) is 5.76 Å². The molecule has 0 aliphatic carbocycles. The van der Waals surface area contributed by atoms with E-state index < -0.39 is 5.97 Å². The summed E-state index contributed by atoms with van der Waals surface area (Å²) in [5, 5.41) is 18.6. The molecule has 0 spiro atoms. The minimum absolute atomic E-state index is 0.0174. The summed E-state index contributed by atoms with van der Waals surface area (Å²) in [6.07, 6.45) is 0. The number of carbonyl (C=O) groups is 1. The van der Waals surface area contributed by atoms with Gasteiger partial charge in [-0.1, -0.05) is 0 Å². The maximum Gasteiger partial charge on any atom is 0.371 e. The zero-order chi connectivity index (χ0) is 10.3. The highest BCUT2D eigenvalue weighted by Gasteiger charge is 2.11. The predicted molar refractivity (Wildman–Crippen MR) is 52.5 cm³/mol. The van der Waals surface area contributed by atoms with E-state index in [9.17, 15) is 9.90 Å². The third-order valence-electron chi connectivity index (χ3n) is 1.80. The van der Waals surface area contributed by atoms with Gasteiger partial charge in [0.25, 0.3) is 0 Å². The van der Waals surface area contributed by atoms with Crippen molar-refractivity contribution in [2.24, 2.45) is 0 Å². The molecular formula is C9H5BrO4. The minimum Gasteiger partial charge on any atom is -0.507 e. The lowest BCUT2D eigenvalue weighted by atomic mass is 10.2. The van der Waals surface area contributed by atoms with Crippen LogP contribution in [0.4, 0.5) is 0 Å². The highest BCUT2D eigenvalue weighted by molar-refractivity contribution is 9.10. The monoisotopic (exact) mass is 256 g/mol. The second-order valence-electron chi connectivity index (χ2n) is 2.76. The van der Waals surface area contributed by atoms with Gasteiger partial charge in [0.05, 0.1) is 4.47 Å². The van der Waals surface area contributed by atoms with Gasteiger partial charge in [-0.3, -0.25) is 0 Å². The lowest BCUT2D eigenvalue weighted by Gasteiger charge is -1.94. The maximum atomic E-state index is 10.6. The van der Waals surface area contributed by atoms with E-state index in [0.717, 1.165) is 0 Å². The first-order valence-corrected chi connectivity index (χ1v) is 4.52. The van der Waals surface area contributed by atoms with Gasteiger partial charge in [-0.2, -0.15) is 0 Å². The molecule has 0 aliphatic heterocycles. The quantitative estimate of drug-likeness (QED) is 0.823. The van der Waals surface area contributed by atoms with Gasteiger partial charge >= 0.3 is 5.97 Å². The molecule has 1 aromatic heterocycles. The summed E-state index contributed by atoms with van der Waals surface area (Å²) in [7, 11) is 0. The number of phenols is 1. The van der Waals surface area contributed by atoms with E-state index in [1.807, 2.05) is 0 Å². The van der Waals surface area contributed by atoms with Crippen LogP contribution in [0.25, 0.3) is 11.0 Å². The Labute approximate surface area is 86.9 Å². The molecule has 0 aliphatic rings. The molecule has 0 saturated carbocycles. The second-order valence-corrected chi connectivity index (χ2v) is 3.61. The highest BCUT2D eigenvalue weighted by Crippen LogP contribution is 2.31. The van der Waals surface area contributed by atoms with E-state index in [-0.39, 0.29) is 11.5 Å². The van der Waals surface area contributed by atoms with Gasteiger partial charge in [-0.05, 0) is 28.1 Å². The summed E-state index contributed by atoms with van der Waals surface area (Å²) < 4.78 is 5.49. The van der Waals surface area contributed by atoms with Crippen molar-refractivity contribution >= 4 is 32.9 Å². The maximum absolute atomic E-state index is 10.6. The van der Waals surface area contributed by atoms with Crippen molar-refractivity contribution < 1.29 is 19.4 Å². The first-order valence-electron chi connectivity index (χ1n) is 3.73. The van der Waals surface area contributed by atoms with Gasteiger partial charge in [0, 0.05) is 11.5 Å². The van der Waals surface area contributed by atoms with Crippen LogP contribution < -0.4 is 0 Å². The Hall–Kier alpha value is -1.49. The topological polar surface area (TPSA) is 70.7 Å². The molecule has 5 heteroatoms. The van der Waals surface area contributed by atoms with Crippen LogP contribution in [0.2, 0.25) is 0 Å². The zero-order valence-corrected chi connectivity index (χ0v) is 8.41. The predicted octanol–water partition coefficient (Wildman–Crippen LogP) is 2.60. The molecule has 0 atom stereocenters. The molecule has 2 aromatic rings. The number of halogens is 1. The third kappa shape index (κ3) is 1.35. The summed E-state index contributed by atoms with van der Waals surface area (Å²) in [5.41, 5.74) is 0.350. The average molecular weight is 257 g/mol. The van der Waals surface area contributed by atoms with Gasteiger partial charge in [0.1, 0.15) is 11.3 Å². The number of rotatable bonds is 1. The number of phenolic OH excluding ortho intramolecular Hbond substituents is 1. The van der Waals surface area contributed by atoms with Crippen LogP contribution in [-0.4, -0.2) is 16.2 Å². The van der Waals surface area contributed by atoms with Crippen molar-refractivity contribution in [3.8, 4) is 5.75 Å². The summed E-state index contributed by atoms with van der Waals surface area (Å²) >= 11 is 3.12. The second kappa shape index (κ2) is 3.02. The molecule has 0 fully saturated rings. The van der Waals surface area contributed by atoms with E-state index in [1.165, 1.54) is 12.1 Å². The smallest absolute Gasteiger partial charge is 0.371 e. The standard InChI is InChI=1S/C9H5BrO4/c10-5-1-4-2-8(9(12)13)14-7(4)3-6(5)11/h1-3,11H,(H,12,13). The van der Waals surface area contributed by atoms with Crippen LogP contribution in [-0.2, 0) is 0 Å². The summed E-state index contributed by atoms with van der Waals surface area (Å²) in [5.74, 6) is -1.25. The van der Waals surface area contributed by atoms with Gasteiger partial charge in [-0.25, -0.2) is 4.79 Å². The number of aromatic carboxylic acids is 1. The van der Waals surface area contributed by atoms with E-state index in [0.29, 0.717) is 15.4 Å². The van der Waals surface area contributed by atoms with Gasteiger partial charge < -0.3 is 14.6 Å². The minimum atomic E-state index is -1.13. The van der Waals surface area contributed by atoms with Crippen LogP contribution in [0.5, 0.6) is 5.75 Å². The largest absolute Gasteiger partial charge is 0.507 e. The molecule has 0 saturated heterocycles. The molecule has 1 heterocycles. The van der Waals surface area contributed by atoms with E-state index in [2.05, 4.69) is 15.9 Å². The normalized spacial score (nSPS) is 10.6. The molecule has 0 radical (unpaired) electrons. The Balaban J connectivity index is 2.72. The number of carboxylic acid groups (broad SMARTS) is 1. The molecule has 0 amide bonds. The van der Waals surface area contributed by atoms with Crippen LogP contribution in [0, 0.1) is 0 Å². The summed E-state index contributed by atoms with van der Waals surface area (Å²) in [6, 6.07) is 4.37. The Morgan fingerprint density at radius 3 is 2.71 bits per heavy atom. The number of furan rings is 1. The Morgan fingerprint density at radius 2 is 2.07 bits per heavy atom. The fraction of sp³-hybridized carbons (Fsp3) is 0. The zero-order valence-electron chi connectivity index (χ0n) is 6.82. The SMILES string of the molecule is O=C(O)c1cc2cc(Br)c(O)cc2o1. The van der Waals surface area contributed by atoms with Gasteiger partial charge in [0.15, 0.2) is 0 Å². The lowest BCUT2D eigenvalue weighted by molar-refractivity contribution is 0.0665. The van der Waals surface area contributed by atoms with Crippen LogP contribution in [0.15, 0.2) is 27.1 Å². The molecule has 4 nitrogen and oxygen atoms in total. The van der Waals surface area contributed by atoms with E-state index in [4.69, 9.17) is 9.52 Å². The van der Waals surface area contributed by atoms with Crippen molar-refractivity contribution in [3.63, 3.8) is 0 Å². The number of aromatic hydroxyl groups is 1. The van der Waals surface area contributed by atoms with Crippen LogP contribution in [0.1, 0.15) is 10.6 Å². The molecule has 0 unspecified atom stereocenters. The Morgan fingerprint density at radius 1 is 1.36 bits per heavy atom. The van der Waals surface area contributed by atoms with Crippen molar-refractivity contribution in [2.45, 2.75) is 0 Å². The lowest BCUT2D eigenvalue weighted by Crippen LogP contribution is -1.91. The summed E-state index contributed by atoms with van der Waals surface area (Å²) in [6.45, 7) is 0. The van der Waals surface area contributed by atoms with Crippen molar-refractivity contribution in [2.75, 3.05) is 0 Å². The molecule has 2 N–H and O–H groups in total. The van der Waals surface area contributed by atoms with E-state index >= 15 is 0 Å². The first kappa shape index (κ1) is 9.08. The summed E-state index contributed by atoms with van der Waals surface area (Å²) in [4.78, 5) is 10.6. The molecule has 14 heavy (non-hydrogen) atoms. The number of fused-ring (bicyclic) bond motifs is 1. The van der Waals surface area contributed by atoms with Crippen LogP contribution >= 0.6 is 15.9 Å². The molecule has 72 valence electrons. The van der Waals surface area contributed by atoms with Crippen LogP contribution in [0.3, 0.4) is 0 Å². The average Bonchev–Trinajstić information content (AvgIpc) is 2.48.